The smallest absolute Gasteiger partial charge is 0.221 e. The topological polar surface area (TPSA) is 61.4 Å². The number of pyridine rings is 2. The second kappa shape index (κ2) is 8.40. The molecular formula is C18H23N5O. The van der Waals surface area contributed by atoms with Gasteiger partial charge in [0.05, 0.1) is 0 Å². The molecule has 0 atom stereocenters. The Morgan fingerprint density at radius 1 is 1.08 bits per heavy atom. The lowest BCUT2D eigenvalue weighted by Gasteiger charge is -2.35. The van der Waals surface area contributed by atoms with E-state index in [1.165, 1.54) is 0 Å². The molecule has 24 heavy (non-hydrogen) atoms. The number of nitrogens with one attached hydrogen (secondary N) is 1. The van der Waals surface area contributed by atoms with Crippen molar-refractivity contribution in [1.82, 2.24) is 20.2 Å². The molecule has 1 aliphatic heterocycles. The van der Waals surface area contributed by atoms with Gasteiger partial charge in [-0.3, -0.25) is 14.7 Å². The summed E-state index contributed by atoms with van der Waals surface area (Å²) in [6, 6.07) is 9.83. The first-order chi connectivity index (χ1) is 11.8. The predicted molar refractivity (Wildman–Crippen MR) is 93.6 cm³/mol. The van der Waals surface area contributed by atoms with E-state index in [1.54, 1.807) is 12.4 Å². The molecule has 126 valence electrons. The Kier molecular flexibility index (Phi) is 5.74. The molecule has 3 heterocycles. The van der Waals surface area contributed by atoms with E-state index in [0.29, 0.717) is 13.0 Å². The number of anilines is 1. The summed E-state index contributed by atoms with van der Waals surface area (Å²) in [6.07, 6.45) is 5.87. The molecule has 6 heteroatoms. The van der Waals surface area contributed by atoms with Crippen LogP contribution in [0.3, 0.4) is 0 Å². The SMILES string of the molecule is O=C(CCN1CCN(c2ccccn2)CC1)NCc1cccnc1. The predicted octanol–water partition coefficient (Wildman–Crippen LogP) is 1.31. The second-order valence-electron chi connectivity index (χ2n) is 5.90. The number of hydrogen-bond donors (Lipinski definition) is 1. The Bertz CT molecular complexity index is 626. The van der Waals surface area contributed by atoms with Gasteiger partial charge in [-0.05, 0) is 23.8 Å². The average molecular weight is 325 g/mol. The minimum absolute atomic E-state index is 0.0889. The van der Waals surface area contributed by atoms with Gasteiger partial charge in [-0.25, -0.2) is 4.98 Å². The first-order valence-electron chi connectivity index (χ1n) is 8.35. The van der Waals surface area contributed by atoms with Gasteiger partial charge in [-0.1, -0.05) is 12.1 Å². The Morgan fingerprint density at radius 3 is 2.67 bits per heavy atom. The fourth-order valence-electron chi connectivity index (χ4n) is 2.79. The van der Waals surface area contributed by atoms with Crippen LogP contribution in [-0.4, -0.2) is 53.5 Å². The molecular weight excluding hydrogens is 302 g/mol. The van der Waals surface area contributed by atoms with Crippen molar-refractivity contribution in [2.45, 2.75) is 13.0 Å². The Morgan fingerprint density at radius 2 is 1.96 bits per heavy atom. The summed E-state index contributed by atoms with van der Waals surface area (Å²) in [5.74, 6) is 1.12. The van der Waals surface area contributed by atoms with Gasteiger partial charge in [-0.15, -0.1) is 0 Å². The van der Waals surface area contributed by atoms with Crippen molar-refractivity contribution in [3.8, 4) is 0 Å². The van der Waals surface area contributed by atoms with Crippen molar-refractivity contribution in [3.63, 3.8) is 0 Å². The van der Waals surface area contributed by atoms with E-state index in [9.17, 15) is 4.79 Å². The number of carbonyl (C=O) groups excluding carboxylic acids is 1. The van der Waals surface area contributed by atoms with Crippen LogP contribution in [0.4, 0.5) is 5.82 Å². The molecule has 0 radical (unpaired) electrons. The molecule has 0 aromatic carbocycles. The van der Waals surface area contributed by atoms with Gasteiger partial charge in [0.15, 0.2) is 0 Å². The summed E-state index contributed by atoms with van der Waals surface area (Å²) >= 11 is 0. The van der Waals surface area contributed by atoms with E-state index in [-0.39, 0.29) is 5.91 Å². The molecule has 1 aliphatic rings. The zero-order chi connectivity index (χ0) is 16.6. The largest absolute Gasteiger partial charge is 0.354 e. The van der Waals surface area contributed by atoms with Crippen molar-refractivity contribution in [2.24, 2.45) is 0 Å². The molecule has 0 saturated carbocycles. The average Bonchev–Trinajstić information content (AvgIpc) is 2.67. The monoisotopic (exact) mass is 325 g/mol. The first kappa shape index (κ1) is 16.4. The summed E-state index contributed by atoms with van der Waals surface area (Å²) in [7, 11) is 0. The lowest BCUT2D eigenvalue weighted by atomic mass is 10.2. The Hall–Kier alpha value is -2.47. The molecule has 6 nitrogen and oxygen atoms in total. The fourth-order valence-corrected chi connectivity index (χ4v) is 2.79. The van der Waals surface area contributed by atoms with Gasteiger partial charge in [0.2, 0.25) is 5.91 Å². The number of hydrogen-bond acceptors (Lipinski definition) is 5. The van der Waals surface area contributed by atoms with E-state index in [0.717, 1.165) is 44.1 Å². The third-order valence-corrected chi connectivity index (χ3v) is 4.21. The summed E-state index contributed by atoms with van der Waals surface area (Å²) in [4.78, 5) is 25.0. The van der Waals surface area contributed by atoms with Gasteiger partial charge in [0, 0.05) is 64.3 Å². The highest BCUT2D eigenvalue weighted by molar-refractivity contribution is 5.76. The zero-order valence-electron chi connectivity index (χ0n) is 13.8. The molecule has 0 bridgehead atoms. The van der Waals surface area contributed by atoms with Crippen molar-refractivity contribution < 1.29 is 4.79 Å². The molecule has 2 aromatic rings. The van der Waals surface area contributed by atoms with Crippen LogP contribution in [0.5, 0.6) is 0 Å². The first-order valence-corrected chi connectivity index (χ1v) is 8.35. The van der Waals surface area contributed by atoms with Gasteiger partial charge >= 0.3 is 0 Å². The molecule has 0 spiro atoms. The molecule has 2 aromatic heterocycles. The van der Waals surface area contributed by atoms with Crippen LogP contribution in [0.2, 0.25) is 0 Å². The summed E-state index contributed by atoms with van der Waals surface area (Å²) in [5.41, 5.74) is 1.02. The molecule has 1 N–H and O–H groups in total. The van der Waals surface area contributed by atoms with Crippen LogP contribution in [-0.2, 0) is 11.3 Å². The van der Waals surface area contributed by atoms with Crippen LogP contribution in [0.15, 0.2) is 48.9 Å². The van der Waals surface area contributed by atoms with Gasteiger partial charge in [0.25, 0.3) is 0 Å². The van der Waals surface area contributed by atoms with Crippen molar-refractivity contribution in [2.75, 3.05) is 37.6 Å². The lowest BCUT2D eigenvalue weighted by Crippen LogP contribution is -2.47. The molecule has 1 saturated heterocycles. The number of carbonyl (C=O) groups is 1. The third-order valence-electron chi connectivity index (χ3n) is 4.21. The summed E-state index contributed by atoms with van der Waals surface area (Å²) in [5, 5.41) is 2.95. The van der Waals surface area contributed by atoms with Crippen LogP contribution in [0, 0.1) is 0 Å². The second-order valence-corrected chi connectivity index (χ2v) is 5.90. The maximum atomic E-state index is 12.0. The molecule has 0 aliphatic carbocycles. The number of piperazine rings is 1. The van der Waals surface area contributed by atoms with E-state index >= 15 is 0 Å². The van der Waals surface area contributed by atoms with Gasteiger partial charge in [0.1, 0.15) is 5.82 Å². The highest BCUT2D eigenvalue weighted by atomic mass is 16.1. The van der Waals surface area contributed by atoms with E-state index in [2.05, 4.69) is 25.1 Å². The molecule has 1 fully saturated rings. The van der Waals surface area contributed by atoms with Crippen LogP contribution < -0.4 is 10.2 Å². The summed E-state index contributed by atoms with van der Waals surface area (Å²) in [6.45, 7) is 5.18. The lowest BCUT2D eigenvalue weighted by molar-refractivity contribution is -0.121. The molecule has 1 amide bonds. The zero-order valence-corrected chi connectivity index (χ0v) is 13.8. The fraction of sp³-hybridized carbons (Fsp3) is 0.389. The number of aromatic nitrogens is 2. The third kappa shape index (κ3) is 4.76. The highest BCUT2D eigenvalue weighted by Crippen LogP contribution is 2.12. The van der Waals surface area contributed by atoms with Crippen LogP contribution >= 0.6 is 0 Å². The highest BCUT2D eigenvalue weighted by Gasteiger charge is 2.18. The number of rotatable bonds is 6. The van der Waals surface area contributed by atoms with Gasteiger partial charge < -0.3 is 10.2 Å². The van der Waals surface area contributed by atoms with Crippen molar-refractivity contribution >= 4 is 11.7 Å². The number of amides is 1. The quantitative estimate of drug-likeness (QED) is 0.867. The normalized spacial score (nSPS) is 15.2. The standard InChI is InChI=1S/C18H23N5O/c24-18(21-15-16-4-3-7-19-14-16)6-9-22-10-12-23(13-11-22)17-5-1-2-8-20-17/h1-5,7-8,14H,6,9-13,15H2,(H,21,24). The number of nitrogens with zero attached hydrogens (tertiary/aromatic N) is 4. The maximum Gasteiger partial charge on any atom is 0.221 e. The van der Waals surface area contributed by atoms with Crippen LogP contribution in [0.25, 0.3) is 0 Å². The van der Waals surface area contributed by atoms with Crippen molar-refractivity contribution in [3.05, 3.63) is 54.5 Å². The van der Waals surface area contributed by atoms with E-state index < -0.39 is 0 Å². The Labute approximate surface area is 142 Å². The minimum atomic E-state index is 0.0889. The summed E-state index contributed by atoms with van der Waals surface area (Å²) < 4.78 is 0. The van der Waals surface area contributed by atoms with Crippen LogP contribution in [0.1, 0.15) is 12.0 Å². The van der Waals surface area contributed by atoms with Crippen molar-refractivity contribution in [1.29, 1.82) is 0 Å². The molecule has 3 rings (SSSR count). The van der Waals surface area contributed by atoms with E-state index in [1.807, 2.05) is 36.5 Å². The Balaban J connectivity index is 1.35. The molecule has 0 unspecified atom stereocenters. The van der Waals surface area contributed by atoms with E-state index in [4.69, 9.17) is 0 Å². The minimum Gasteiger partial charge on any atom is -0.354 e. The van der Waals surface area contributed by atoms with Gasteiger partial charge in [-0.2, -0.15) is 0 Å². The maximum absolute atomic E-state index is 12.0.